The van der Waals surface area contributed by atoms with Crippen molar-refractivity contribution in [3.63, 3.8) is 0 Å². The predicted octanol–water partition coefficient (Wildman–Crippen LogP) is 4.55. The zero-order chi connectivity index (χ0) is 17.3. The van der Waals surface area contributed by atoms with Crippen molar-refractivity contribution in [3.05, 3.63) is 52.6 Å². The number of aryl methyl sites for hydroxylation is 3. The van der Waals surface area contributed by atoms with Crippen molar-refractivity contribution in [2.75, 3.05) is 11.9 Å². The summed E-state index contributed by atoms with van der Waals surface area (Å²) in [4.78, 5) is 16.7. The minimum absolute atomic E-state index is 0.0295. The minimum Gasteiger partial charge on any atom is -0.483 e. The van der Waals surface area contributed by atoms with E-state index in [0.29, 0.717) is 5.13 Å². The molecule has 0 aliphatic carbocycles. The third-order valence-electron chi connectivity index (χ3n) is 4.24. The van der Waals surface area contributed by atoms with E-state index in [1.54, 1.807) is 0 Å². The normalized spacial score (nSPS) is 10.8. The Kier molecular flexibility index (Phi) is 4.53. The number of nitrogens with zero attached hydrogens (tertiary/aromatic N) is 1. The molecule has 0 aliphatic heterocycles. The lowest BCUT2D eigenvalue weighted by molar-refractivity contribution is -0.118. The quantitative estimate of drug-likeness (QED) is 0.758. The first-order valence-corrected chi connectivity index (χ1v) is 8.63. The van der Waals surface area contributed by atoms with Gasteiger partial charge in [0.05, 0.1) is 10.2 Å². The number of hydrogen-bond acceptors (Lipinski definition) is 4. The average molecular weight is 340 g/mol. The molecule has 0 aliphatic rings. The van der Waals surface area contributed by atoms with Crippen LogP contribution in [0.5, 0.6) is 5.75 Å². The average Bonchev–Trinajstić information content (AvgIpc) is 2.96. The molecule has 0 saturated heterocycles. The van der Waals surface area contributed by atoms with Crippen LogP contribution in [0.3, 0.4) is 0 Å². The van der Waals surface area contributed by atoms with Gasteiger partial charge in [-0.15, -0.1) is 0 Å². The van der Waals surface area contributed by atoms with Gasteiger partial charge in [0, 0.05) is 0 Å². The lowest BCUT2D eigenvalue weighted by Crippen LogP contribution is -2.20. The van der Waals surface area contributed by atoms with Crippen LogP contribution in [0.15, 0.2) is 30.3 Å². The fraction of sp³-hybridized carbons (Fsp3) is 0.263. The van der Waals surface area contributed by atoms with Crippen LogP contribution in [0.4, 0.5) is 5.13 Å². The van der Waals surface area contributed by atoms with Gasteiger partial charge in [0.15, 0.2) is 11.7 Å². The highest BCUT2D eigenvalue weighted by atomic mass is 32.1. The molecule has 1 N–H and O–H groups in total. The van der Waals surface area contributed by atoms with E-state index in [0.717, 1.165) is 32.7 Å². The summed E-state index contributed by atoms with van der Waals surface area (Å²) in [5, 5.41) is 3.43. The predicted molar refractivity (Wildman–Crippen MR) is 99.1 cm³/mol. The number of thiazole rings is 1. The van der Waals surface area contributed by atoms with Gasteiger partial charge in [-0.1, -0.05) is 29.5 Å². The lowest BCUT2D eigenvalue weighted by Gasteiger charge is -2.10. The maximum Gasteiger partial charge on any atom is 0.264 e. The second kappa shape index (κ2) is 6.61. The van der Waals surface area contributed by atoms with E-state index in [1.807, 2.05) is 45.0 Å². The Bertz CT molecular complexity index is 915. The van der Waals surface area contributed by atoms with Crippen LogP contribution in [0.25, 0.3) is 10.2 Å². The number of rotatable bonds is 4. The van der Waals surface area contributed by atoms with Gasteiger partial charge in [-0.2, -0.15) is 0 Å². The van der Waals surface area contributed by atoms with Crippen LogP contribution in [0.2, 0.25) is 0 Å². The van der Waals surface area contributed by atoms with Gasteiger partial charge in [-0.05, 0) is 62.1 Å². The summed E-state index contributed by atoms with van der Waals surface area (Å²) < 4.78 is 6.71. The van der Waals surface area contributed by atoms with Crippen LogP contribution >= 0.6 is 11.3 Å². The van der Waals surface area contributed by atoms with E-state index in [4.69, 9.17) is 4.74 Å². The SMILES string of the molecule is Cc1cccc(OCC(=O)Nc2nc3c(C)c(C)ccc3s2)c1C. The zero-order valence-corrected chi connectivity index (χ0v) is 15.1. The minimum atomic E-state index is -0.204. The molecule has 4 nitrogen and oxygen atoms in total. The Morgan fingerprint density at radius 3 is 2.62 bits per heavy atom. The Morgan fingerprint density at radius 1 is 1.08 bits per heavy atom. The Balaban J connectivity index is 1.69. The van der Waals surface area contributed by atoms with Crippen LogP contribution in [-0.2, 0) is 4.79 Å². The molecule has 0 bridgehead atoms. The van der Waals surface area contributed by atoms with E-state index in [-0.39, 0.29) is 12.5 Å². The maximum absolute atomic E-state index is 12.1. The van der Waals surface area contributed by atoms with Crippen LogP contribution in [-0.4, -0.2) is 17.5 Å². The van der Waals surface area contributed by atoms with Crippen molar-refractivity contribution >= 4 is 32.6 Å². The van der Waals surface area contributed by atoms with E-state index in [9.17, 15) is 4.79 Å². The third kappa shape index (κ3) is 3.26. The number of anilines is 1. The molecule has 124 valence electrons. The van der Waals surface area contributed by atoms with Crippen molar-refractivity contribution in [3.8, 4) is 5.75 Å². The lowest BCUT2D eigenvalue weighted by atomic mass is 10.1. The summed E-state index contributed by atoms with van der Waals surface area (Å²) in [7, 11) is 0. The molecule has 0 atom stereocenters. The molecule has 0 saturated carbocycles. The highest BCUT2D eigenvalue weighted by Crippen LogP contribution is 2.29. The summed E-state index contributed by atoms with van der Waals surface area (Å²) in [5.74, 6) is 0.533. The topological polar surface area (TPSA) is 51.2 Å². The summed E-state index contributed by atoms with van der Waals surface area (Å²) in [6.07, 6.45) is 0. The van der Waals surface area contributed by atoms with Gasteiger partial charge in [0.2, 0.25) is 0 Å². The van der Waals surface area contributed by atoms with Gasteiger partial charge < -0.3 is 4.74 Å². The molecule has 0 fully saturated rings. The maximum atomic E-state index is 12.1. The summed E-state index contributed by atoms with van der Waals surface area (Å²) in [5.41, 5.74) is 5.49. The Morgan fingerprint density at radius 2 is 1.83 bits per heavy atom. The van der Waals surface area contributed by atoms with E-state index in [1.165, 1.54) is 16.9 Å². The van der Waals surface area contributed by atoms with Gasteiger partial charge in [-0.3, -0.25) is 10.1 Å². The van der Waals surface area contributed by atoms with Crippen LogP contribution in [0.1, 0.15) is 22.3 Å². The molecule has 2 aromatic carbocycles. The molecular weight excluding hydrogens is 320 g/mol. The summed E-state index contributed by atoms with van der Waals surface area (Å²) >= 11 is 1.48. The van der Waals surface area contributed by atoms with E-state index < -0.39 is 0 Å². The van der Waals surface area contributed by atoms with Gasteiger partial charge >= 0.3 is 0 Å². The molecular formula is C19H20N2O2S. The van der Waals surface area contributed by atoms with Gasteiger partial charge in [0.25, 0.3) is 5.91 Å². The number of fused-ring (bicyclic) bond motifs is 1. The Hall–Kier alpha value is -2.40. The molecule has 0 spiro atoms. The van der Waals surface area contributed by atoms with Crippen molar-refractivity contribution in [1.82, 2.24) is 4.98 Å². The molecule has 0 radical (unpaired) electrons. The molecule has 3 aromatic rings. The Labute approximate surface area is 145 Å². The van der Waals surface area contributed by atoms with E-state index >= 15 is 0 Å². The van der Waals surface area contributed by atoms with Crippen molar-refractivity contribution < 1.29 is 9.53 Å². The molecule has 3 rings (SSSR count). The number of nitrogens with one attached hydrogen (secondary N) is 1. The smallest absolute Gasteiger partial charge is 0.264 e. The van der Waals surface area contributed by atoms with Crippen molar-refractivity contribution in [1.29, 1.82) is 0 Å². The van der Waals surface area contributed by atoms with Crippen LogP contribution in [0, 0.1) is 27.7 Å². The summed E-state index contributed by atoms with van der Waals surface area (Å²) in [6.45, 7) is 8.09. The number of ether oxygens (including phenoxy) is 1. The first-order chi connectivity index (χ1) is 11.5. The fourth-order valence-corrected chi connectivity index (χ4v) is 3.40. The monoisotopic (exact) mass is 340 g/mol. The first-order valence-electron chi connectivity index (χ1n) is 7.81. The van der Waals surface area contributed by atoms with Crippen molar-refractivity contribution in [2.24, 2.45) is 0 Å². The molecule has 1 aromatic heterocycles. The van der Waals surface area contributed by atoms with Gasteiger partial charge in [0.1, 0.15) is 5.75 Å². The highest BCUT2D eigenvalue weighted by molar-refractivity contribution is 7.22. The number of carbonyl (C=O) groups is 1. The van der Waals surface area contributed by atoms with Gasteiger partial charge in [-0.25, -0.2) is 4.98 Å². The number of aromatic nitrogens is 1. The second-order valence-corrected chi connectivity index (χ2v) is 6.94. The van der Waals surface area contributed by atoms with Crippen LogP contribution < -0.4 is 10.1 Å². The molecule has 1 amide bonds. The van der Waals surface area contributed by atoms with Crippen molar-refractivity contribution in [2.45, 2.75) is 27.7 Å². The summed E-state index contributed by atoms with van der Waals surface area (Å²) in [6, 6.07) is 9.93. The fourth-order valence-electron chi connectivity index (χ4n) is 2.46. The largest absolute Gasteiger partial charge is 0.483 e. The second-order valence-electron chi connectivity index (χ2n) is 5.91. The number of benzene rings is 2. The molecule has 5 heteroatoms. The number of hydrogen-bond donors (Lipinski definition) is 1. The number of amides is 1. The molecule has 24 heavy (non-hydrogen) atoms. The zero-order valence-electron chi connectivity index (χ0n) is 14.3. The van der Waals surface area contributed by atoms with E-state index in [2.05, 4.69) is 23.3 Å². The number of carbonyl (C=O) groups excluding carboxylic acids is 1. The molecule has 1 heterocycles. The molecule has 0 unspecified atom stereocenters. The highest BCUT2D eigenvalue weighted by Gasteiger charge is 2.11. The first kappa shape index (κ1) is 16.5. The third-order valence-corrected chi connectivity index (χ3v) is 5.18. The standard InChI is InChI=1S/C19H20N2O2S/c1-11-6-5-7-15(13(11)3)23-10-17(22)20-19-21-18-14(4)12(2)8-9-16(18)24-19/h5-9H,10H2,1-4H3,(H,20,21,22).